The van der Waals surface area contributed by atoms with Gasteiger partial charge in [-0.15, -0.1) is 10.2 Å². The number of aromatic nitrogens is 4. The Morgan fingerprint density at radius 2 is 2.05 bits per heavy atom. The van der Waals surface area contributed by atoms with Crippen LogP contribution in [0.1, 0.15) is 48.9 Å². The smallest absolute Gasteiger partial charge is 0.234 e. The molecular formula is C12H17N5OS. The first-order valence-corrected chi connectivity index (χ1v) is 7.67. The second-order valence-corrected chi connectivity index (χ2v) is 6.51. The summed E-state index contributed by atoms with van der Waals surface area (Å²) in [5.74, 6) is 1.39. The molecule has 0 aromatic carbocycles. The number of nitrogens with two attached hydrogens (primary N) is 1. The molecule has 1 aliphatic carbocycles. The molecule has 2 aromatic rings. The number of hydrogen-bond donors (Lipinski definition) is 1. The van der Waals surface area contributed by atoms with Gasteiger partial charge in [0.1, 0.15) is 5.01 Å². The number of hydrogen-bond acceptors (Lipinski definition) is 6. The predicted octanol–water partition coefficient (Wildman–Crippen LogP) is 1.42. The van der Waals surface area contributed by atoms with Crippen LogP contribution in [0.25, 0.3) is 4.96 Å². The third-order valence-corrected chi connectivity index (χ3v) is 5.39. The van der Waals surface area contributed by atoms with Crippen LogP contribution in [0.5, 0.6) is 0 Å². The van der Waals surface area contributed by atoms with Gasteiger partial charge in [-0.2, -0.15) is 9.61 Å². The molecule has 19 heavy (non-hydrogen) atoms. The zero-order valence-electron chi connectivity index (χ0n) is 10.7. The van der Waals surface area contributed by atoms with Crippen LogP contribution in [0.2, 0.25) is 0 Å². The van der Waals surface area contributed by atoms with Gasteiger partial charge in [0.25, 0.3) is 0 Å². The van der Waals surface area contributed by atoms with E-state index in [1.54, 1.807) is 11.3 Å². The molecule has 2 aromatic heterocycles. The summed E-state index contributed by atoms with van der Waals surface area (Å²) in [7, 11) is 0. The summed E-state index contributed by atoms with van der Waals surface area (Å²) in [5.41, 5.74) is 6.13. The van der Waals surface area contributed by atoms with Crippen LogP contribution in [0, 0.1) is 0 Å². The van der Waals surface area contributed by atoms with E-state index in [1.807, 2.05) is 4.52 Å². The molecule has 0 amide bonds. The van der Waals surface area contributed by atoms with Crippen LogP contribution < -0.4 is 5.73 Å². The van der Waals surface area contributed by atoms with Crippen LogP contribution in [0.4, 0.5) is 0 Å². The second-order valence-electron chi connectivity index (χ2n) is 5.56. The molecule has 0 unspecified atom stereocenters. The van der Waals surface area contributed by atoms with Crippen LogP contribution >= 0.6 is 11.3 Å². The molecule has 2 aliphatic rings. The molecule has 4 rings (SSSR count). The minimum atomic E-state index is -0.210. The van der Waals surface area contributed by atoms with Gasteiger partial charge in [-0.1, -0.05) is 11.3 Å². The maximum Gasteiger partial charge on any atom is 0.234 e. The molecule has 0 spiro atoms. The zero-order chi connectivity index (χ0) is 12.9. The van der Waals surface area contributed by atoms with E-state index in [0.717, 1.165) is 54.7 Å². The van der Waals surface area contributed by atoms with E-state index < -0.39 is 0 Å². The van der Waals surface area contributed by atoms with Gasteiger partial charge in [-0.25, -0.2) is 0 Å². The number of ether oxygens (including phenoxy) is 1. The van der Waals surface area contributed by atoms with Crippen LogP contribution in [0.15, 0.2) is 0 Å². The maximum absolute atomic E-state index is 6.34. The van der Waals surface area contributed by atoms with Crippen molar-refractivity contribution in [2.75, 3.05) is 13.2 Å². The third-order valence-electron chi connectivity index (χ3n) is 4.27. The highest BCUT2D eigenvalue weighted by atomic mass is 32.1. The molecule has 3 heterocycles. The zero-order valence-corrected chi connectivity index (χ0v) is 11.5. The van der Waals surface area contributed by atoms with Crippen molar-refractivity contribution in [1.82, 2.24) is 19.8 Å². The lowest BCUT2D eigenvalue weighted by molar-refractivity contribution is 0.0831. The van der Waals surface area contributed by atoms with Crippen molar-refractivity contribution in [3.63, 3.8) is 0 Å². The number of fused-ring (bicyclic) bond motifs is 1. The summed E-state index contributed by atoms with van der Waals surface area (Å²) in [4.78, 5) is 0.869. The summed E-state index contributed by atoms with van der Waals surface area (Å²) in [6.45, 7) is 1.61. The van der Waals surface area contributed by atoms with E-state index in [1.165, 1.54) is 6.42 Å². The van der Waals surface area contributed by atoms with E-state index >= 15 is 0 Å². The average Bonchev–Trinajstić information content (AvgIpc) is 2.96. The fourth-order valence-electron chi connectivity index (χ4n) is 2.82. The monoisotopic (exact) mass is 279 g/mol. The Hall–Kier alpha value is -1.05. The van der Waals surface area contributed by atoms with Crippen molar-refractivity contribution in [3.05, 3.63) is 10.8 Å². The molecule has 1 saturated heterocycles. The molecule has 0 atom stereocenters. The summed E-state index contributed by atoms with van der Waals surface area (Å²) < 4.78 is 7.31. The highest BCUT2D eigenvalue weighted by Crippen LogP contribution is 2.40. The highest BCUT2D eigenvalue weighted by molar-refractivity contribution is 7.16. The van der Waals surface area contributed by atoms with E-state index in [4.69, 9.17) is 10.5 Å². The molecule has 1 saturated carbocycles. The molecule has 7 heteroatoms. The molecule has 6 nitrogen and oxygen atoms in total. The summed E-state index contributed by atoms with van der Waals surface area (Å²) >= 11 is 1.59. The van der Waals surface area contributed by atoms with Crippen molar-refractivity contribution in [1.29, 1.82) is 0 Å². The average molecular weight is 279 g/mol. The normalized spacial score (nSPS) is 23.6. The molecule has 1 aliphatic heterocycles. The number of nitrogens with zero attached hydrogens (tertiary/aromatic N) is 4. The first-order valence-electron chi connectivity index (χ1n) is 6.85. The summed E-state index contributed by atoms with van der Waals surface area (Å²) in [6.07, 6.45) is 5.26. The Morgan fingerprint density at radius 3 is 2.74 bits per heavy atom. The van der Waals surface area contributed by atoms with E-state index in [9.17, 15) is 0 Å². The van der Waals surface area contributed by atoms with Gasteiger partial charge in [0.15, 0.2) is 5.82 Å². The minimum absolute atomic E-state index is 0.210. The van der Waals surface area contributed by atoms with Crippen molar-refractivity contribution in [2.45, 2.75) is 43.6 Å². The Bertz CT molecular complexity index is 596. The van der Waals surface area contributed by atoms with Gasteiger partial charge in [0.05, 0.1) is 5.54 Å². The highest BCUT2D eigenvalue weighted by Gasteiger charge is 2.38. The van der Waals surface area contributed by atoms with Crippen LogP contribution in [-0.4, -0.2) is 33.0 Å². The van der Waals surface area contributed by atoms with Crippen molar-refractivity contribution < 1.29 is 4.74 Å². The molecule has 2 N–H and O–H groups in total. The Labute approximate surface area is 115 Å². The standard InChI is InChI=1S/C12H17N5OS/c13-12(4-1-5-12)10-16-17-9(14-15-11(17)19-10)8-2-6-18-7-3-8/h8H,1-7,13H2. The van der Waals surface area contributed by atoms with Crippen molar-refractivity contribution >= 4 is 16.3 Å². The summed E-state index contributed by atoms with van der Waals surface area (Å²) in [6, 6.07) is 0. The van der Waals surface area contributed by atoms with Crippen molar-refractivity contribution in [2.24, 2.45) is 5.73 Å². The summed E-state index contributed by atoms with van der Waals surface area (Å²) in [5, 5.41) is 14.3. The van der Waals surface area contributed by atoms with E-state index in [-0.39, 0.29) is 5.54 Å². The van der Waals surface area contributed by atoms with Gasteiger partial charge in [-0.3, -0.25) is 0 Å². The largest absolute Gasteiger partial charge is 0.381 e. The molecule has 0 radical (unpaired) electrons. The van der Waals surface area contributed by atoms with Crippen LogP contribution in [0.3, 0.4) is 0 Å². The quantitative estimate of drug-likeness (QED) is 0.899. The topological polar surface area (TPSA) is 78.3 Å². The molecular weight excluding hydrogens is 262 g/mol. The first-order chi connectivity index (χ1) is 9.26. The Balaban J connectivity index is 1.71. The Kier molecular flexibility index (Phi) is 2.61. The lowest BCUT2D eigenvalue weighted by Gasteiger charge is -2.35. The maximum atomic E-state index is 6.34. The lowest BCUT2D eigenvalue weighted by Crippen LogP contribution is -2.43. The van der Waals surface area contributed by atoms with E-state index in [2.05, 4.69) is 15.3 Å². The van der Waals surface area contributed by atoms with Gasteiger partial charge in [-0.05, 0) is 32.1 Å². The fourth-order valence-corrected chi connectivity index (χ4v) is 3.82. The van der Waals surface area contributed by atoms with Gasteiger partial charge in [0, 0.05) is 19.1 Å². The van der Waals surface area contributed by atoms with Crippen molar-refractivity contribution in [3.8, 4) is 0 Å². The molecule has 102 valence electrons. The lowest BCUT2D eigenvalue weighted by atomic mass is 9.78. The van der Waals surface area contributed by atoms with Gasteiger partial charge < -0.3 is 10.5 Å². The SMILES string of the molecule is NC1(c2nn3c(C4CCOCC4)nnc3s2)CCC1. The third kappa shape index (κ3) is 1.79. The van der Waals surface area contributed by atoms with Gasteiger partial charge in [0.2, 0.25) is 4.96 Å². The minimum Gasteiger partial charge on any atom is -0.381 e. The predicted molar refractivity (Wildman–Crippen MR) is 71.2 cm³/mol. The first kappa shape index (κ1) is 11.7. The second kappa shape index (κ2) is 4.22. The van der Waals surface area contributed by atoms with E-state index in [0.29, 0.717) is 5.92 Å². The molecule has 0 bridgehead atoms. The molecule has 2 fully saturated rings. The fraction of sp³-hybridized carbons (Fsp3) is 0.750. The van der Waals surface area contributed by atoms with Crippen LogP contribution in [-0.2, 0) is 10.3 Å². The Morgan fingerprint density at radius 1 is 1.26 bits per heavy atom. The van der Waals surface area contributed by atoms with Gasteiger partial charge >= 0.3 is 0 Å². The number of rotatable bonds is 2.